The fourth-order valence-corrected chi connectivity index (χ4v) is 4.35. The van der Waals surface area contributed by atoms with Crippen molar-refractivity contribution in [3.8, 4) is 11.5 Å². The van der Waals surface area contributed by atoms with Gasteiger partial charge in [-0.2, -0.15) is 0 Å². The van der Waals surface area contributed by atoms with E-state index in [-0.39, 0.29) is 17.1 Å². The summed E-state index contributed by atoms with van der Waals surface area (Å²) in [5.74, 6) is -0.580. The summed E-state index contributed by atoms with van der Waals surface area (Å²) in [6.07, 6.45) is 1.60. The van der Waals surface area contributed by atoms with E-state index in [1.807, 2.05) is 0 Å². The number of para-hydroxylation sites is 2. The number of benzene rings is 3. The second-order valence-electron chi connectivity index (χ2n) is 7.17. The van der Waals surface area contributed by atoms with E-state index < -0.39 is 17.1 Å². The lowest BCUT2D eigenvalue weighted by Gasteiger charge is -2.15. The Labute approximate surface area is 204 Å². The topological polar surface area (TPSA) is 93.1 Å². The highest BCUT2D eigenvalue weighted by molar-refractivity contribution is 8.19. The van der Waals surface area contributed by atoms with Gasteiger partial charge in [-0.15, -0.1) is 0 Å². The number of hydrogen-bond acceptors (Lipinski definition) is 6. The van der Waals surface area contributed by atoms with Crippen LogP contribution in [-0.2, 0) is 11.4 Å². The molecule has 0 saturated carbocycles. The first-order chi connectivity index (χ1) is 16.4. The van der Waals surface area contributed by atoms with Crippen molar-refractivity contribution in [1.82, 2.24) is 0 Å². The van der Waals surface area contributed by atoms with Crippen LogP contribution in [0.2, 0.25) is 5.02 Å². The maximum Gasteiger partial charge on any atom is 0.335 e. The minimum atomic E-state index is -0.994. The third-order valence-electron chi connectivity index (χ3n) is 4.97. The third kappa shape index (κ3) is 4.93. The van der Waals surface area contributed by atoms with Crippen LogP contribution in [0, 0.1) is 0 Å². The molecule has 0 unspecified atom stereocenters. The van der Waals surface area contributed by atoms with E-state index in [1.54, 1.807) is 60.7 Å². The molecule has 2 amide bonds. The number of amides is 2. The van der Waals surface area contributed by atoms with E-state index >= 15 is 0 Å². The molecule has 1 heterocycles. The molecule has 0 spiro atoms. The molecule has 4 rings (SSSR count). The first-order valence-electron chi connectivity index (χ1n) is 10.0. The van der Waals surface area contributed by atoms with Gasteiger partial charge < -0.3 is 14.6 Å². The number of imide groups is 1. The van der Waals surface area contributed by atoms with Gasteiger partial charge in [-0.05, 0) is 65.4 Å². The van der Waals surface area contributed by atoms with Gasteiger partial charge in [0.1, 0.15) is 18.1 Å². The third-order valence-corrected chi connectivity index (χ3v) is 6.13. The van der Waals surface area contributed by atoms with Crippen molar-refractivity contribution in [2.45, 2.75) is 6.61 Å². The Bertz CT molecular complexity index is 1310. The van der Waals surface area contributed by atoms with Gasteiger partial charge in [-0.25, -0.2) is 9.69 Å². The van der Waals surface area contributed by atoms with E-state index in [0.29, 0.717) is 27.8 Å². The van der Waals surface area contributed by atoms with Crippen molar-refractivity contribution in [1.29, 1.82) is 0 Å². The van der Waals surface area contributed by atoms with Gasteiger partial charge >= 0.3 is 5.97 Å². The highest BCUT2D eigenvalue weighted by Gasteiger charge is 2.37. The van der Waals surface area contributed by atoms with E-state index in [4.69, 9.17) is 26.2 Å². The molecule has 0 aromatic heterocycles. The zero-order chi connectivity index (χ0) is 24.2. The number of carbonyl (C=O) groups is 3. The van der Waals surface area contributed by atoms with Crippen molar-refractivity contribution in [2.75, 3.05) is 12.0 Å². The van der Waals surface area contributed by atoms with Gasteiger partial charge in [0.05, 0.1) is 28.3 Å². The molecule has 3 aromatic carbocycles. The molecule has 1 fully saturated rings. The minimum absolute atomic E-state index is 0.196. The molecular weight excluding hydrogens is 478 g/mol. The lowest BCUT2D eigenvalue weighted by molar-refractivity contribution is -0.113. The summed E-state index contributed by atoms with van der Waals surface area (Å²) in [6, 6.07) is 18.2. The van der Waals surface area contributed by atoms with Gasteiger partial charge in [-0.3, -0.25) is 9.59 Å². The number of carboxylic acid groups (broad SMARTS) is 1. The molecule has 0 atom stereocenters. The standard InChI is InChI=1S/C25H18ClNO6S/c1-32-21-5-3-2-4-19(21)27-23(28)22(34-25(27)31)13-16-8-11-20(18(26)12-16)33-14-15-6-9-17(10-7-15)24(29)30/h2-13H,14H2,1H3,(H,29,30)/b22-13-. The Balaban J connectivity index is 1.48. The van der Waals surface area contributed by atoms with Gasteiger partial charge in [-0.1, -0.05) is 41.9 Å². The minimum Gasteiger partial charge on any atom is -0.495 e. The number of aromatic carboxylic acids is 1. The number of ether oxygens (including phenoxy) is 2. The van der Waals surface area contributed by atoms with Crippen LogP contribution in [0.5, 0.6) is 11.5 Å². The summed E-state index contributed by atoms with van der Waals surface area (Å²) in [4.78, 5) is 37.8. The van der Waals surface area contributed by atoms with Crippen LogP contribution in [0.3, 0.4) is 0 Å². The highest BCUT2D eigenvalue weighted by Crippen LogP contribution is 2.40. The zero-order valence-electron chi connectivity index (χ0n) is 17.9. The molecule has 34 heavy (non-hydrogen) atoms. The molecule has 1 aliphatic rings. The normalized spacial score (nSPS) is 14.5. The Kier molecular flexibility index (Phi) is 6.90. The van der Waals surface area contributed by atoms with Crippen molar-refractivity contribution >= 4 is 52.2 Å². The molecule has 1 aliphatic heterocycles. The second-order valence-corrected chi connectivity index (χ2v) is 8.57. The maximum absolute atomic E-state index is 12.9. The summed E-state index contributed by atoms with van der Waals surface area (Å²) in [7, 11) is 1.48. The number of rotatable bonds is 7. The van der Waals surface area contributed by atoms with E-state index in [2.05, 4.69) is 0 Å². The molecule has 1 saturated heterocycles. The summed E-state index contributed by atoms with van der Waals surface area (Å²) in [5, 5.41) is 8.89. The Morgan fingerprint density at radius 3 is 2.47 bits per heavy atom. The Morgan fingerprint density at radius 2 is 1.79 bits per heavy atom. The first-order valence-corrected chi connectivity index (χ1v) is 11.2. The van der Waals surface area contributed by atoms with E-state index in [1.165, 1.54) is 19.2 Å². The van der Waals surface area contributed by atoms with E-state index in [9.17, 15) is 14.4 Å². The van der Waals surface area contributed by atoms with Crippen LogP contribution in [0.25, 0.3) is 6.08 Å². The van der Waals surface area contributed by atoms with Crippen LogP contribution in [0.1, 0.15) is 21.5 Å². The summed E-state index contributed by atoms with van der Waals surface area (Å²) in [6.45, 7) is 0.205. The predicted molar refractivity (Wildman–Crippen MR) is 131 cm³/mol. The van der Waals surface area contributed by atoms with Gasteiger partial charge in [0.2, 0.25) is 0 Å². The highest BCUT2D eigenvalue weighted by atomic mass is 35.5. The molecule has 0 bridgehead atoms. The van der Waals surface area contributed by atoms with Gasteiger partial charge in [0.25, 0.3) is 11.1 Å². The van der Waals surface area contributed by atoms with Gasteiger partial charge in [0, 0.05) is 0 Å². The molecule has 172 valence electrons. The molecular formula is C25H18ClNO6S. The Morgan fingerprint density at radius 1 is 1.06 bits per heavy atom. The van der Waals surface area contributed by atoms with E-state index in [0.717, 1.165) is 22.2 Å². The quantitative estimate of drug-likeness (QED) is 0.410. The summed E-state index contributed by atoms with van der Waals surface area (Å²) >= 11 is 7.20. The molecule has 3 aromatic rings. The van der Waals surface area contributed by atoms with Crippen LogP contribution in [0.15, 0.2) is 71.6 Å². The lowest BCUT2D eigenvalue weighted by atomic mass is 10.1. The smallest absolute Gasteiger partial charge is 0.335 e. The Hall–Kier alpha value is -3.75. The molecule has 0 aliphatic carbocycles. The molecule has 9 heteroatoms. The van der Waals surface area contributed by atoms with Crippen molar-refractivity contribution in [3.63, 3.8) is 0 Å². The SMILES string of the molecule is COc1ccccc1N1C(=O)S/C(=C\c2ccc(OCc3ccc(C(=O)O)cc3)c(Cl)c2)C1=O. The molecule has 1 N–H and O–H groups in total. The number of hydrogen-bond donors (Lipinski definition) is 1. The van der Waals surface area contributed by atoms with Crippen molar-refractivity contribution in [2.24, 2.45) is 0 Å². The van der Waals surface area contributed by atoms with Crippen LogP contribution in [-0.4, -0.2) is 29.3 Å². The lowest BCUT2D eigenvalue weighted by Crippen LogP contribution is -2.28. The number of thioether (sulfide) groups is 1. The zero-order valence-corrected chi connectivity index (χ0v) is 19.4. The fourth-order valence-electron chi connectivity index (χ4n) is 3.27. The number of anilines is 1. The number of methoxy groups -OCH3 is 1. The summed E-state index contributed by atoms with van der Waals surface area (Å²) in [5.41, 5.74) is 2.00. The number of halogens is 1. The monoisotopic (exact) mass is 495 g/mol. The largest absolute Gasteiger partial charge is 0.495 e. The molecule has 0 radical (unpaired) electrons. The number of nitrogens with zero attached hydrogens (tertiary/aromatic N) is 1. The van der Waals surface area contributed by atoms with Crippen LogP contribution in [0.4, 0.5) is 10.5 Å². The number of carbonyl (C=O) groups excluding carboxylic acids is 2. The van der Waals surface area contributed by atoms with Crippen LogP contribution < -0.4 is 14.4 Å². The van der Waals surface area contributed by atoms with Gasteiger partial charge in [0.15, 0.2) is 0 Å². The average Bonchev–Trinajstić information content (AvgIpc) is 3.11. The molecule has 7 nitrogen and oxygen atoms in total. The number of carboxylic acids is 1. The van der Waals surface area contributed by atoms with Crippen molar-refractivity contribution < 1.29 is 29.0 Å². The average molecular weight is 496 g/mol. The predicted octanol–water partition coefficient (Wildman–Crippen LogP) is 5.87. The summed E-state index contributed by atoms with van der Waals surface area (Å²) < 4.78 is 11.0. The first kappa shape index (κ1) is 23.4. The fraction of sp³-hybridized carbons (Fsp3) is 0.0800. The second kappa shape index (κ2) is 10.0. The van der Waals surface area contributed by atoms with Crippen LogP contribution >= 0.6 is 23.4 Å². The van der Waals surface area contributed by atoms with Crippen molar-refractivity contribution in [3.05, 3.63) is 93.3 Å². The maximum atomic E-state index is 12.9.